The molecule has 2 aromatic rings. The predicted molar refractivity (Wildman–Crippen MR) is 92.1 cm³/mol. The second kappa shape index (κ2) is 6.19. The minimum atomic E-state index is -0.590. The maximum absolute atomic E-state index is 13.8. The zero-order chi connectivity index (χ0) is 17.6. The van der Waals surface area contributed by atoms with E-state index in [0.717, 1.165) is 44.1 Å². The van der Waals surface area contributed by atoms with Crippen LogP contribution in [-0.4, -0.2) is 28.5 Å². The smallest absolute Gasteiger partial charge is 0.261 e. The third kappa shape index (κ3) is 2.80. The Hall–Kier alpha value is -2.34. The van der Waals surface area contributed by atoms with Crippen molar-refractivity contribution in [2.24, 2.45) is 5.92 Å². The largest absolute Gasteiger partial charge is 0.381 e. The third-order valence-electron chi connectivity index (χ3n) is 5.00. The molecule has 0 N–H and O–H groups in total. The molecule has 25 heavy (non-hydrogen) atoms. The van der Waals surface area contributed by atoms with Crippen LogP contribution in [0.2, 0.25) is 0 Å². The normalized spacial score (nSPS) is 19.5. The van der Waals surface area contributed by atoms with E-state index in [1.54, 1.807) is 4.57 Å². The molecule has 3 heterocycles. The molecule has 0 atom stereocenters. The van der Waals surface area contributed by atoms with Crippen LogP contribution in [0, 0.1) is 11.7 Å². The molecule has 0 bridgehead atoms. The van der Waals surface area contributed by atoms with Crippen LogP contribution in [0.1, 0.15) is 42.4 Å². The van der Waals surface area contributed by atoms with Crippen molar-refractivity contribution in [2.75, 3.05) is 13.2 Å². The number of allylic oxidation sites excluding steroid dienone is 2. The molecule has 1 aromatic carbocycles. The molecule has 0 amide bonds. The van der Waals surface area contributed by atoms with Gasteiger partial charge in [-0.05, 0) is 49.8 Å². The highest BCUT2D eigenvalue weighted by Gasteiger charge is 2.24. The van der Waals surface area contributed by atoms with Gasteiger partial charge < -0.3 is 4.74 Å². The summed E-state index contributed by atoms with van der Waals surface area (Å²) in [4.78, 5) is 29.3. The van der Waals surface area contributed by atoms with E-state index in [9.17, 15) is 14.0 Å². The van der Waals surface area contributed by atoms with Gasteiger partial charge in [0.1, 0.15) is 11.6 Å². The summed E-state index contributed by atoms with van der Waals surface area (Å²) in [5, 5.41) is 0.168. The lowest BCUT2D eigenvalue weighted by molar-refractivity contribution is 0.0786. The van der Waals surface area contributed by atoms with Crippen LogP contribution in [0.5, 0.6) is 0 Å². The van der Waals surface area contributed by atoms with Crippen molar-refractivity contribution in [2.45, 2.75) is 32.7 Å². The van der Waals surface area contributed by atoms with Crippen molar-refractivity contribution in [1.29, 1.82) is 0 Å². The van der Waals surface area contributed by atoms with Gasteiger partial charge in [0.25, 0.3) is 5.56 Å². The summed E-state index contributed by atoms with van der Waals surface area (Å²) in [7, 11) is 0. The van der Waals surface area contributed by atoms with Gasteiger partial charge in [0.15, 0.2) is 5.78 Å². The Morgan fingerprint density at radius 2 is 2.12 bits per heavy atom. The van der Waals surface area contributed by atoms with Crippen molar-refractivity contribution >= 4 is 22.3 Å². The number of ether oxygens (including phenoxy) is 1. The van der Waals surface area contributed by atoms with E-state index < -0.39 is 5.82 Å². The molecule has 5 nitrogen and oxygen atoms in total. The fourth-order valence-corrected chi connectivity index (χ4v) is 3.68. The maximum atomic E-state index is 13.8. The highest BCUT2D eigenvalue weighted by atomic mass is 19.1. The van der Waals surface area contributed by atoms with Gasteiger partial charge in [-0.3, -0.25) is 14.2 Å². The molecule has 0 radical (unpaired) electrons. The third-order valence-corrected chi connectivity index (χ3v) is 5.00. The van der Waals surface area contributed by atoms with Crippen molar-refractivity contribution in [3.8, 4) is 0 Å². The molecule has 2 aliphatic heterocycles. The Balaban J connectivity index is 1.90. The number of ketones is 1. The Morgan fingerprint density at radius 3 is 2.84 bits per heavy atom. The lowest BCUT2D eigenvalue weighted by Crippen LogP contribution is -2.22. The molecule has 130 valence electrons. The molecule has 0 aliphatic carbocycles. The number of nitrogens with zero attached hydrogens (tertiary/aromatic N) is 2. The Labute approximate surface area is 144 Å². The molecule has 4 rings (SSSR count). The van der Waals surface area contributed by atoms with Crippen LogP contribution >= 0.6 is 0 Å². The molecule has 1 fully saturated rings. The fraction of sp³-hybridized carbons (Fsp3) is 0.421. The van der Waals surface area contributed by atoms with Crippen LogP contribution in [0.4, 0.5) is 4.39 Å². The first kappa shape index (κ1) is 16.1. The van der Waals surface area contributed by atoms with Gasteiger partial charge in [-0.1, -0.05) is 6.08 Å². The minimum absolute atomic E-state index is 0.160. The first-order valence-corrected chi connectivity index (χ1v) is 8.58. The summed E-state index contributed by atoms with van der Waals surface area (Å²) < 4.78 is 20.8. The number of hydrogen-bond acceptors (Lipinski definition) is 4. The maximum Gasteiger partial charge on any atom is 0.261 e. The number of hydrogen-bond donors (Lipinski definition) is 0. The van der Waals surface area contributed by atoms with E-state index in [1.165, 1.54) is 13.0 Å². The molecule has 1 aromatic heterocycles. The quantitative estimate of drug-likeness (QED) is 0.787. The summed E-state index contributed by atoms with van der Waals surface area (Å²) in [6.07, 6.45) is 4.85. The molecule has 0 spiro atoms. The fourth-order valence-electron chi connectivity index (χ4n) is 3.68. The summed E-state index contributed by atoms with van der Waals surface area (Å²) in [5.74, 6) is 0.143. The van der Waals surface area contributed by atoms with Crippen molar-refractivity contribution in [1.82, 2.24) is 9.55 Å². The molecular formula is C19H19FN2O3. The number of benzene rings is 1. The molecule has 6 heteroatoms. The number of rotatable bonds is 2. The van der Waals surface area contributed by atoms with Crippen LogP contribution in [0.15, 0.2) is 23.0 Å². The Morgan fingerprint density at radius 1 is 1.36 bits per heavy atom. The van der Waals surface area contributed by atoms with Crippen LogP contribution < -0.4 is 5.56 Å². The first-order chi connectivity index (χ1) is 12.0. The molecule has 1 saturated heterocycles. The monoisotopic (exact) mass is 342 g/mol. The highest BCUT2D eigenvalue weighted by Crippen LogP contribution is 2.30. The van der Waals surface area contributed by atoms with Crippen LogP contribution in [0.3, 0.4) is 0 Å². The van der Waals surface area contributed by atoms with Crippen molar-refractivity contribution in [3.05, 3.63) is 45.8 Å². The van der Waals surface area contributed by atoms with Gasteiger partial charge >= 0.3 is 0 Å². The first-order valence-electron chi connectivity index (χ1n) is 8.58. The molecule has 0 saturated carbocycles. The van der Waals surface area contributed by atoms with Gasteiger partial charge in [0.05, 0.1) is 10.9 Å². The molecule has 0 unspecified atom stereocenters. The summed E-state index contributed by atoms with van der Waals surface area (Å²) in [6, 6.07) is 2.33. The minimum Gasteiger partial charge on any atom is -0.381 e. The molecule has 2 aliphatic rings. The van der Waals surface area contributed by atoms with Crippen molar-refractivity contribution in [3.63, 3.8) is 0 Å². The number of Topliss-reactive ketones (excluding diaryl/α,β-unsaturated/α-hetero) is 1. The Bertz CT molecular complexity index is 955. The average Bonchev–Trinajstić information content (AvgIpc) is 2.99. The number of aromatic nitrogens is 2. The number of carbonyl (C=O) groups excluding carboxylic acids is 1. The highest BCUT2D eigenvalue weighted by molar-refractivity contribution is 6.05. The standard InChI is InChI=1S/C19H19FN2O3/c1-11(23)15-9-14(20)10-16-17(15)21-18-13(2-5-22(18)19(16)24)8-12-3-6-25-7-4-12/h8-10,12H,2-7H2,1H3. The van der Waals surface area contributed by atoms with E-state index in [-0.39, 0.29) is 22.3 Å². The van der Waals surface area contributed by atoms with Gasteiger partial charge in [-0.2, -0.15) is 0 Å². The topological polar surface area (TPSA) is 61.2 Å². The summed E-state index contributed by atoms with van der Waals surface area (Å²) in [5.41, 5.74) is 1.21. The van der Waals surface area contributed by atoms with E-state index in [2.05, 4.69) is 11.1 Å². The predicted octanol–water partition coefficient (Wildman–Crippen LogP) is 2.95. The number of halogens is 1. The van der Waals surface area contributed by atoms with Gasteiger partial charge in [0.2, 0.25) is 0 Å². The van der Waals surface area contributed by atoms with Gasteiger partial charge in [-0.15, -0.1) is 0 Å². The zero-order valence-corrected chi connectivity index (χ0v) is 14.0. The van der Waals surface area contributed by atoms with E-state index >= 15 is 0 Å². The van der Waals surface area contributed by atoms with Gasteiger partial charge in [-0.25, -0.2) is 9.37 Å². The van der Waals surface area contributed by atoms with E-state index in [1.807, 2.05) is 0 Å². The summed E-state index contributed by atoms with van der Waals surface area (Å²) >= 11 is 0. The van der Waals surface area contributed by atoms with Crippen molar-refractivity contribution < 1.29 is 13.9 Å². The van der Waals surface area contributed by atoms with E-state index in [0.29, 0.717) is 23.8 Å². The van der Waals surface area contributed by atoms with E-state index in [4.69, 9.17) is 4.74 Å². The summed E-state index contributed by atoms with van der Waals surface area (Å²) in [6.45, 7) is 3.40. The molecular weight excluding hydrogens is 323 g/mol. The Kier molecular flexibility index (Phi) is 4.00. The van der Waals surface area contributed by atoms with Crippen LogP contribution in [0.25, 0.3) is 16.5 Å². The second-order valence-corrected chi connectivity index (χ2v) is 6.69. The zero-order valence-electron chi connectivity index (χ0n) is 14.0. The van der Waals surface area contributed by atoms with Crippen LogP contribution in [-0.2, 0) is 11.3 Å². The average molecular weight is 342 g/mol. The van der Waals surface area contributed by atoms with Gasteiger partial charge in [0, 0.05) is 25.3 Å². The second-order valence-electron chi connectivity index (χ2n) is 6.69. The number of fused-ring (bicyclic) bond motifs is 2. The number of carbonyl (C=O) groups is 1. The lowest BCUT2D eigenvalue weighted by Gasteiger charge is -2.19. The lowest BCUT2D eigenvalue weighted by atomic mass is 9.96. The SMILES string of the molecule is CC(=O)c1cc(F)cc2c(=O)n3c(nc12)C(=CC1CCOCC1)CC3.